The molecule has 11 heteroatoms. The third-order valence-electron chi connectivity index (χ3n) is 6.50. The van der Waals surface area contributed by atoms with Crippen LogP contribution < -0.4 is 10.1 Å². The van der Waals surface area contributed by atoms with Gasteiger partial charge in [0.15, 0.2) is 5.76 Å². The van der Waals surface area contributed by atoms with Crippen molar-refractivity contribution < 1.29 is 14.1 Å². The molecule has 0 unspecified atom stereocenters. The highest BCUT2D eigenvalue weighted by Crippen LogP contribution is 2.32. The van der Waals surface area contributed by atoms with Gasteiger partial charge in [-0.1, -0.05) is 35.0 Å². The van der Waals surface area contributed by atoms with E-state index >= 15 is 0 Å². The molecule has 4 aromatic heterocycles. The molecule has 6 rings (SSSR count). The van der Waals surface area contributed by atoms with Crippen LogP contribution in [0.4, 0.5) is 4.79 Å². The van der Waals surface area contributed by atoms with E-state index in [2.05, 4.69) is 25.3 Å². The molecule has 190 valence electrons. The zero-order valence-electron chi connectivity index (χ0n) is 19.9. The lowest BCUT2D eigenvalue weighted by atomic mass is 10.1. The largest absolute Gasteiger partial charge is 0.414 e. The number of H-pyrrole nitrogens is 1. The Bertz CT molecular complexity index is 1500. The number of hydrogen-bond acceptors (Lipinski definition) is 7. The van der Waals surface area contributed by atoms with Crippen molar-refractivity contribution >= 4 is 39.9 Å². The molecule has 5 heterocycles. The SMILES string of the molecule is O=C(NC1CCN(Cc2ncc[nH]2)CC1)Oc1cc2ccccc2n1Cc1cc(-c2ccc(Cl)s2)on1. The lowest BCUT2D eigenvalue weighted by Gasteiger charge is -2.31. The molecule has 5 aromatic rings. The van der Waals surface area contributed by atoms with Gasteiger partial charge >= 0.3 is 6.09 Å². The van der Waals surface area contributed by atoms with E-state index in [1.807, 2.05) is 59.3 Å². The molecule has 1 aliphatic rings. The third-order valence-corrected chi connectivity index (χ3v) is 7.75. The number of halogens is 1. The topological polar surface area (TPSA) is 101 Å². The first-order valence-corrected chi connectivity index (χ1v) is 13.3. The van der Waals surface area contributed by atoms with E-state index in [-0.39, 0.29) is 6.04 Å². The quantitative estimate of drug-likeness (QED) is 0.283. The molecular weight excluding hydrogens is 512 g/mol. The molecule has 1 aliphatic heterocycles. The van der Waals surface area contributed by atoms with Crippen molar-refractivity contribution in [3.05, 3.63) is 76.8 Å². The van der Waals surface area contributed by atoms with Crippen LogP contribution in [0.1, 0.15) is 24.4 Å². The van der Waals surface area contributed by atoms with Gasteiger partial charge in [0.1, 0.15) is 11.5 Å². The highest BCUT2D eigenvalue weighted by Gasteiger charge is 2.23. The molecule has 2 N–H and O–H groups in total. The molecule has 9 nitrogen and oxygen atoms in total. The number of nitrogens with zero attached hydrogens (tertiary/aromatic N) is 4. The van der Waals surface area contributed by atoms with Gasteiger partial charge in [0.05, 0.1) is 27.8 Å². The van der Waals surface area contributed by atoms with Crippen LogP contribution in [0.2, 0.25) is 4.34 Å². The summed E-state index contributed by atoms with van der Waals surface area (Å²) in [6, 6.07) is 15.5. The predicted octanol–water partition coefficient (Wildman–Crippen LogP) is 5.54. The number of ether oxygens (including phenoxy) is 1. The van der Waals surface area contributed by atoms with E-state index in [9.17, 15) is 4.79 Å². The fourth-order valence-corrected chi connectivity index (χ4v) is 5.66. The second-order valence-corrected chi connectivity index (χ2v) is 10.7. The Hall–Kier alpha value is -3.60. The van der Waals surface area contributed by atoms with Crippen LogP contribution in [-0.2, 0) is 13.1 Å². The van der Waals surface area contributed by atoms with Gasteiger partial charge in [-0.3, -0.25) is 4.90 Å². The van der Waals surface area contributed by atoms with Crippen molar-refractivity contribution in [2.75, 3.05) is 13.1 Å². The van der Waals surface area contributed by atoms with Gasteiger partial charge < -0.3 is 24.1 Å². The number of likely N-dealkylation sites (tertiary alicyclic amines) is 1. The Kier molecular flexibility index (Phi) is 6.69. The Labute approximate surface area is 222 Å². The summed E-state index contributed by atoms with van der Waals surface area (Å²) in [5.74, 6) is 2.07. The van der Waals surface area contributed by atoms with Crippen LogP contribution in [0.25, 0.3) is 21.5 Å². The van der Waals surface area contributed by atoms with Gasteiger partial charge in [-0.25, -0.2) is 9.78 Å². The van der Waals surface area contributed by atoms with Gasteiger partial charge in [-0.15, -0.1) is 11.3 Å². The number of aromatic nitrogens is 4. The first kappa shape index (κ1) is 23.8. The van der Waals surface area contributed by atoms with Crippen LogP contribution in [-0.4, -0.2) is 49.8 Å². The number of carbonyl (C=O) groups excluding carboxylic acids is 1. The summed E-state index contributed by atoms with van der Waals surface area (Å²) in [7, 11) is 0. The minimum atomic E-state index is -0.456. The fourth-order valence-electron chi connectivity index (χ4n) is 4.67. The fraction of sp³-hybridized carbons (Fsp3) is 0.269. The monoisotopic (exact) mass is 536 g/mol. The highest BCUT2D eigenvalue weighted by atomic mass is 35.5. The summed E-state index contributed by atoms with van der Waals surface area (Å²) in [6.07, 6.45) is 4.85. The van der Waals surface area contributed by atoms with Crippen molar-refractivity contribution in [2.24, 2.45) is 0 Å². The van der Waals surface area contributed by atoms with Crippen LogP contribution >= 0.6 is 22.9 Å². The van der Waals surface area contributed by atoms with Crippen molar-refractivity contribution in [3.63, 3.8) is 0 Å². The first-order valence-electron chi connectivity index (χ1n) is 12.1. The maximum atomic E-state index is 12.9. The summed E-state index contributed by atoms with van der Waals surface area (Å²) in [6.45, 7) is 2.95. The average Bonchev–Trinajstić information content (AvgIpc) is 3.70. The Morgan fingerprint density at radius 3 is 2.84 bits per heavy atom. The third kappa shape index (κ3) is 5.41. The summed E-state index contributed by atoms with van der Waals surface area (Å²) >= 11 is 7.50. The summed E-state index contributed by atoms with van der Waals surface area (Å²) < 4.78 is 14.0. The van der Waals surface area contributed by atoms with E-state index in [1.54, 1.807) is 6.20 Å². The molecule has 1 fully saturated rings. The Balaban J connectivity index is 1.12. The minimum absolute atomic E-state index is 0.0638. The van der Waals surface area contributed by atoms with Gasteiger partial charge in [0, 0.05) is 49.0 Å². The molecule has 0 aliphatic carbocycles. The van der Waals surface area contributed by atoms with Gasteiger partial charge in [0.25, 0.3) is 0 Å². The van der Waals surface area contributed by atoms with Gasteiger partial charge in [-0.05, 0) is 31.0 Å². The van der Waals surface area contributed by atoms with Crippen LogP contribution in [0.15, 0.2) is 65.4 Å². The van der Waals surface area contributed by atoms with E-state index in [0.717, 1.165) is 59.8 Å². The lowest BCUT2D eigenvalue weighted by molar-refractivity contribution is 0.165. The Morgan fingerprint density at radius 1 is 1.19 bits per heavy atom. The molecule has 0 atom stereocenters. The maximum Gasteiger partial charge on any atom is 0.414 e. The summed E-state index contributed by atoms with van der Waals surface area (Å²) in [4.78, 5) is 23.5. The number of amides is 1. The number of aromatic amines is 1. The molecule has 0 radical (unpaired) electrons. The number of piperidine rings is 1. The van der Waals surface area contributed by atoms with Gasteiger partial charge in [0.2, 0.25) is 5.88 Å². The number of carbonyl (C=O) groups is 1. The Morgan fingerprint density at radius 2 is 2.05 bits per heavy atom. The normalized spacial score (nSPS) is 14.8. The van der Waals surface area contributed by atoms with Crippen molar-refractivity contribution in [1.29, 1.82) is 0 Å². The van der Waals surface area contributed by atoms with Crippen LogP contribution in [0.3, 0.4) is 0 Å². The zero-order chi connectivity index (χ0) is 25.2. The minimum Gasteiger partial charge on any atom is -0.393 e. The molecule has 0 spiro atoms. The molecule has 1 aromatic carbocycles. The number of imidazole rings is 1. The van der Waals surface area contributed by atoms with E-state index in [0.29, 0.717) is 22.5 Å². The summed E-state index contributed by atoms with van der Waals surface area (Å²) in [5, 5.41) is 8.25. The predicted molar refractivity (Wildman–Crippen MR) is 142 cm³/mol. The first-order chi connectivity index (χ1) is 18.1. The smallest absolute Gasteiger partial charge is 0.393 e. The molecule has 1 saturated heterocycles. The zero-order valence-corrected chi connectivity index (χ0v) is 21.5. The number of para-hydroxylation sites is 1. The standard InChI is InChI=1S/C26H25ClN6O3S/c27-23-6-5-22(37-23)21-14-19(31-36-21)15-33-20-4-2-1-3-17(20)13-25(33)35-26(34)30-18-7-11-32(12-8-18)16-24-28-9-10-29-24/h1-6,9-10,13-14,18H,7-8,11-12,15-16H2,(H,28,29)(H,30,34). The van der Waals surface area contributed by atoms with Crippen molar-refractivity contribution in [2.45, 2.75) is 32.0 Å². The maximum absolute atomic E-state index is 12.9. The van der Waals surface area contributed by atoms with Gasteiger partial charge in [-0.2, -0.15) is 0 Å². The number of fused-ring (bicyclic) bond motifs is 1. The lowest BCUT2D eigenvalue weighted by Crippen LogP contribution is -2.45. The second-order valence-electron chi connectivity index (χ2n) is 9.03. The number of rotatable bonds is 7. The molecule has 1 amide bonds. The van der Waals surface area contributed by atoms with Crippen LogP contribution in [0.5, 0.6) is 5.88 Å². The van der Waals surface area contributed by atoms with Crippen LogP contribution in [0, 0.1) is 0 Å². The highest BCUT2D eigenvalue weighted by molar-refractivity contribution is 7.19. The van der Waals surface area contributed by atoms with E-state index in [4.69, 9.17) is 20.9 Å². The molecule has 37 heavy (non-hydrogen) atoms. The van der Waals surface area contributed by atoms with Crippen molar-refractivity contribution in [3.8, 4) is 16.5 Å². The summed E-state index contributed by atoms with van der Waals surface area (Å²) in [5.41, 5.74) is 1.66. The molecule has 0 saturated carbocycles. The number of thiophene rings is 1. The average molecular weight is 537 g/mol. The second kappa shape index (κ2) is 10.4. The van der Waals surface area contributed by atoms with E-state index in [1.165, 1.54) is 11.3 Å². The number of hydrogen-bond donors (Lipinski definition) is 2. The number of nitrogens with one attached hydrogen (secondary N) is 2. The van der Waals surface area contributed by atoms with E-state index < -0.39 is 6.09 Å². The molecular formula is C26H25ClN6O3S. The van der Waals surface area contributed by atoms with Crippen molar-refractivity contribution in [1.82, 2.24) is 29.9 Å². The number of benzene rings is 1. The molecule has 0 bridgehead atoms.